The Balaban J connectivity index is 2.02. The number of nitrogens with one attached hydrogen (secondary N) is 1. The first kappa shape index (κ1) is 17.2. The molecule has 0 unspecified atom stereocenters. The number of carboxylic acid groups (broad SMARTS) is 1. The molecule has 0 spiro atoms. The highest BCUT2D eigenvalue weighted by Gasteiger charge is 2.28. The van der Waals surface area contributed by atoms with Gasteiger partial charge >= 0.3 is 0 Å². The van der Waals surface area contributed by atoms with Crippen molar-refractivity contribution in [1.82, 2.24) is 10.2 Å². The summed E-state index contributed by atoms with van der Waals surface area (Å²) in [6.45, 7) is 0.0158. The number of carboxylic acids is 1. The van der Waals surface area contributed by atoms with Crippen LogP contribution in [0.3, 0.4) is 0 Å². The minimum Gasteiger partial charge on any atom is -0.550 e. The van der Waals surface area contributed by atoms with E-state index in [1.807, 2.05) is 0 Å². The highest BCUT2D eigenvalue weighted by molar-refractivity contribution is 8.26. The molecule has 1 saturated heterocycles. The molecule has 1 fully saturated rings. The van der Waals surface area contributed by atoms with Gasteiger partial charge in [0.05, 0.1) is 4.91 Å². The van der Waals surface area contributed by atoms with Crippen LogP contribution in [0.4, 0.5) is 0 Å². The lowest BCUT2D eigenvalue weighted by Crippen LogP contribution is -2.30. The van der Waals surface area contributed by atoms with E-state index in [4.69, 9.17) is 12.2 Å². The molecule has 0 atom stereocenters. The first-order chi connectivity index (χ1) is 10.9. The lowest BCUT2D eigenvalue weighted by molar-refractivity contribution is -0.305. The van der Waals surface area contributed by atoms with Crippen molar-refractivity contribution >= 4 is 52.2 Å². The molecule has 2 rings (SSSR count). The molecule has 0 aliphatic carbocycles. The monoisotopic (exact) mass is 349 g/mol. The van der Waals surface area contributed by atoms with E-state index in [9.17, 15) is 19.5 Å². The summed E-state index contributed by atoms with van der Waals surface area (Å²) in [5, 5.41) is 12.8. The zero-order valence-corrected chi connectivity index (χ0v) is 13.8. The van der Waals surface area contributed by atoms with Gasteiger partial charge in [-0.1, -0.05) is 36.1 Å². The minimum atomic E-state index is -1.21. The van der Waals surface area contributed by atoms with Crippen molar-refractivity contribution < 1.29 is 19.5 Å². The van der Waals surface area contributed by atoms with E-state index in [1.54, 1.807) is 37.4 Å². The number of carbonyl (C=O) groups is 3. The van der Waals surface area contributed by atoms with Crippen LogP contribution in [0.1, 0.15) is 22.3 Å². The number of likely N-dealkylation sites (N-methyl/N-ethyl adjacent to an activating group) is 1. The fourth-order valence-corrected chi connectivity index (χ4v) is 2.99. The van der Waals surface area contributed by atoms with Gasteiger partial charge in [-0.05, 0) is 23.8 Å². The summed E-state index contributed by atoms with van der Waals surface area (Å²) in [4.78, 5) is 35.9. The van der Waals surface area contributed by atoms with Crippen LogP contribution in [-0.2, 0) is 9.59 Å². The standard InChI is InChI=1S/C15H14N2O4S2/c1-17-14(21)11(23-15(17)22)8-9-2-4-10(5-3-9)13(20)16-7-6-12(18)19/h2-5,8H,6-7H2,1H3,(H,16,20)(H,18,19)/p-1/b11-8-. The van der Waals surface area contributed by atoms with E-state index < -0.39 is 5.97 Å². The van der Waals surface area contributed by atoms with Crippen LogP contribution in [0.25, 0.3) is 6.08 Å². The van der Waals surface area contributed by atoms with Crippen LogP contribution < -0.4 is 10.4 Å². The third kappa shape index (κ3) is 4.40. The quantitative estimate of drug-likeness (QED) is 0.611. The van der Waals surface area contributed by atoms with Crippen molar-refractivity contribution in [1.29, 1.82) is 0 Å². The molecular weight excluding hydrogens is 336 g/mol. The SMILES string of the molecule is CN1C(=O)/C(=C/c2ccc(C(=O)NCCC(=O)[O-])cc2)SC1=S. The average molecular weight is 349 g/mol. The van der Waals surface area contributed by atoms with Gasteiger partial charge in [0.1, 0.15) is 4.32 Å². The number of hydrogen-bond donors (Lipinski definition) is 1. The Bertz CT molecular complexity index is 698. The van der Waals surface area contributed by atoms with Crippen molar-refractivity contribution in [3.63, 3.8) is 0 Å². The van der Waals surface area contributed by atoms with Crippen LogP contribution in [0.2, 0.25) is 0 Å². The Morgan fingerprint density at radius 3 is 2.52 bits per heavy atom. The topological polar surface area (TPSA) is 89.5 Å². The van der Waals surface area contributed by atoms with Crippen molar-refractivity contribution in [2.24, 2.45) is 0 Å². The minimum absolute atomic E-state index is 0.0158. The number of benzene rings is 1. The van der Waals surface area contributed by atoms with Crippen molar-refractivity contribution in [2.75, 3.05) is 13.6 Å². The second-order valence-electron chi connectivity index (χ2n) is 4.74. The van der Waals surface area contributed by atoms with Crippen molar-refractivity contribution in [3.8, 4) is 0 Å². The molecule has 23 heavy (non-hydrogen) atoms. The molecule has 1 aliphatic rings. The third-order valence-corrected chi connectivity index (χ3v) is 4.56. The van der Waals surface area contributed by atoms with Gasteiger partial charge < -0.3 is 15.2 Å². The fraction of sp³-hybridized carbons (Fsp3) is 0.200. The molecule has 0 saturated carbocycles. The van der Waals surface area contributed by atoms with Gasteiger partial charge in [0.2, 0.25) is 0 Å². The summed E-state index contributed by atoms with van der Waals surface area (Å²) < 4.78 is 0.505. The molecule has 1 aliphatic heterocycles. The van der Waals surface area contributed by atoms with Gasteiger partial charge in [0.15, 0.2) is 0 Å². The fourth-order valence-electron chi connectivity index (χ4n) is 1.81. The predicted octanol–water partition coefficient (Wildman–Crippen LogP) is 0.387. The van der Waals surface area contributed by atoms with Gasteiger partial charge in [-0.15, -0.1) is 0 Å². The van der Waals surface area contributed by atoms with Gasteiger partial charge in [0, 0.05) is 31.5 Å². The molecule has 6 nitrogen and oxygen atoms in total. The van der Waals surface area contributed by atoms with Gasteiger partial charge in [-0.25, -0.2) is 0 Å². The predicted molar refractivity (Wildman–Crippen MR) is 89.3 cm³/mol. The number of hydrogen-bond acceptors (Lipinski definition) is 6. The highest BCUT2D eigenvalue weighted by atomic mass is 32.2. The molecule has 1 N–H and O–H groups in total. The lowest BCUT2D eigenvalue weighted by atomic mass is 10.1. The van der Waals surface area contributed by atoms with Crippen LogP contribution in [-0.4, -0.2) is 40.6 Å². The zero-order valence-electron chi connectivity index (χ0n) is 12.2. The molecule has 8 heteroatoms. The number of amides is 2. The first-order valence-electron chi connectivity index (χ1n) is 6.68. The highest BCUT2D eigenvalue weighted by Crippen LogP contribution is 2.31. The molecule has 1 heterocycles. The van der Waals surface area contributed by atoms with E-state index in [0.717, 1.165) is 5.56 Å². The number of aliphatic carboxylic acids is 1. The van der Waals surface area contributed by atoms with Gasteiger partial charge in [0.25, 0.3) is 11.8 Å². The van der Waals surface area contributed by atoms with E-state index >= 15 is 0 Å². The summed E-state index contributed by atoms with van der Waals surface area (Å²) >= 11 is 6.28. The number of nitrogens with zero attached hydrogens (tertiary/aromatic N) is 1. The molecule has 0 bridgehead atoms. The molecule has 1 aromatic rings. The van der Waals surface area contributed by atoms with Crippen LogP contribution in [0.5, 0.6) is 0 Å². The Labute approximate surface area is 142 Å². The molecule has 2 amide bonds. The molecule has 0 radical (unpaired) electrons. The third-order valence-electron chi connectivity index (χ3n) is 3.07. The largest absolute Gasteiger partial charge is 0.550 e. The Morgan fingerprint density at radius 2 is 2.00 bits per heavy atom. The Kier molecular flexibility index (Phi) is 5.51. The van der Waals surface area contributed by atoms with Gasteiger partial charge in [-0.2, -0.15) is 0 Å². The van der Waals surface area contributed by atoms with Crippen molar-refractivity contribution in [3.05, 3.63) is 40.3 Å². The lowest BCUT2D eigenvalue weighted by Gasteiger charge is -2.06. The summed E-state index contributed by atoms with van der Waals surface area (Å²) in [6, 6.07) is 6.62. The summed E-state index contributed by atoms with van der Waals surface area (Å²) in [5.74, 6) is -1.73. The smallest absolute Gasteiger partial charge is 0.265 e. The molecule has 0 aromatic heterocycles. The summed E-state index contributed by atoms with van der Waals surface area (Å²) in [7, 11) is 1.62. The van der Waals surface area contributed by atoms with Crippen LogP contribution >= 0.6 is 24.0 Å². The van der Waals surface area contributed by atoms with E-state index in [-0.39, 0.29) is 24.8 Å². The van der Waals surface area contributed by atoms with Gasteiger partial charge in [-0.3, -0.25) is 14.5 Å². The number of thiocarbonyl (C=S) groups is 1. The second kappa shape index (κ2) is 7.38. The molecular formula is C15H13N2O4S2-. The maximum atomic E-state index is 11.9. The summed E-state index contributed by atoms with van der Waals surface area (Å²) in [6.07, 6.45) is 1.48. The van der Waals surface area contributed by atoms with E-state index in [2.05, 4.69) is 5.32 Å². The van der Waals surface area contributed by atoms with Crippen LogP contribution in [0, 0.1) is 0 Å². The molecule has 1 aromatic carbocycles. The number of carbonyl (C=O) groups excluding carboxylic acids is 3. The van der Waals surface area contributed by atoms with E-state index in [1.165, 1.54) is 16.7 Å². The Hall–Kier alpha value is -2.19. The first-order valence-corrected chi connectivity index (χ1v) is 7.90. The van der Waals surface area contributed by atoms with E-state index in [0.29, 0.717) is 14.8 Å². The summed E-state index contributed by atoms with van der Waals surface area (Å²) in [5.41, 5.74) is 1.17. The maximum Gasteiger partial charge on any atom is 0.265 e. The van der Waals surface area contributed by atoms with Crippen molar-refractivity contribution in [2.45, 2.75) is 6.42 Å². The maximum absolute atomic E-state index is 11.9. The Morgan fingerprint density at radius 1 is 1.35 bits per heavy atom. The number of thioether (sulfide) groups is 1. The normalized spacial score (nSPS) is 16.0. The molecule has 120 valence electrons. The number of rotatable bonds is 5. The average Bonchev–Trinajstić information content (AvgIpc) is 2.75. The van der Waals surface area contributed by atoms with Crippen LogP contribution in [0.15, 0.2) is 29.2 Å². The second-order valence-corrected chi connectivity index (χ2v) is 6.42. The zero-order chi connectivity index (χ0) is 17.0.